The highest BCUT2D eigenvalue weighted by molar-refractivity contribution is 6.75. The van der Waals surface area contributed by atoms with Crippen LogP contribution in [0.15, 0.2) is 0 Å². The highest BCUT2D eigenvalue weighted by Gasteiger charge is 2.40. The fraction of sp³-hybridized carbons (Fsp3) is 0.941. The first kappa shape index (κ1) is 23.8. The molecule has 0 spiro atoms. The lowest BCUT2D eigenvalue weighted by atomic mass is 10.2. The largest absolute Gasteiger partial charge is 0.519 e. The van der Waals surface area contributed by atoms with E-state index in [0.29, 0.717) is 6.42 Å². The monoisotopic (exact) mass is 377 g/mol. The van der Waals surface area contributed by atoms with Gasteiger partial charge in [-0.25, -0.2) is 0 Å². The van der Waals surface area contributed by atoms with E-state index in [-0.39, 0.29) is 11.0 Å². The molecule has 0 aromatic carbocycles. The number of hydrogen-bond acceptors (Lipinski definition) is 5. The Kier molecular flexibility index (Phi) is 9.97. The van der Waals surface area contributed by atoms with Crippen molar-refractivity contribution < 1.29 is 18.1 Å². The van der Waals surface area contributed by atoms with Gasteiger partial charge in [0.05, 0.1) is 6.42 Å². The molecule has 0 N–H and O–H groups in total. The van der Waals surface area contributed by atoms with Crippen LogP contribution in [0.1, 0.15) is 40.5 Å². The van der Waals surface area contributed by atoms with Crippen molar-refractivity contribution in [1.29, 1.82) is 0 Å². The third-order valence-electron chi connectivity index (χ3n) is 5.22. The van der Waals surface area contributed by atoms with Crippen LogP contribution in [0.5, 0.6) is 0 Å². The summed E-state index contributed by atoms with van der Waals surface area (Å²) in [6.07, 6.45) is 1.49. The van der Waals surface area contributed by atoms with Crippen molar-refractivity contribution in [3.63, 3.8) is 0 Å². The molecule has 0 aliphatic heterocycles. The Morgan fingerprint density at radius 2 is 1.58 bits per heavy atom. The molecule has 0 aliphatic carbocycles. The molecule has 0 atom stereocenters. The van der Waals surface area contributed by atoms with Gasteiger partial charge in [0, 0.05) is 20.8 Å². The Morgan fingerprint density at radius 3 is 2.00 bits per heavy atom. The first-order valence-electron chi connectivity index (χ1n) is 8.95. The predicted molar refractivity (Wildman–Crippen MR) is 105 cm³/mol. The Morgan fingerprint density at radius 1 is 1.04 bits per heavy atom. The molecule has 5 nitrogen and oxygen atoms in total. The van der Waals surface area contributed by atoms with Gasteiger partial charge >= 0.3 is 8.56 Å². The average Bonchev–Trinajstić information content (AvgIpc) is 2.48. The van der Waals surface area contributed by atoms with Gasteiger partial charge in [-0.3, -0.25) is 4.79 Å². The number of carbonyl (C=O) groups is 1. The third-order valence-corrected chi connectivity index (χ3v) is 12.6. The van der Waals surface area contributed by atoms with Crippen LogP contribution in [0.25, 0.3) is 0 Å². The van der Waals surface area contributed by atoms with E-state index < -0.39 is 16.9 Å². The molecular formula is C17H39NO4Si2. The van der Waals surface area contributed by atoms with Crippen LogP contribution in [-0.2, 0) is 18.1 Å². The first-order valence-corrected chi connectivity index (χ1v) is 14.4. The van der Waals surface area contributed by atoms with Crippen molar-refractivity contribution in [2.24, 2.45) is 0 Å². The Labute approximate surface area is 151 Å². The summed E-state index contributed by atoms with van der Waals surface area (Å²) in [5.74, 6) is -0.0620. The molecule has 0 aliphatic rings. The van der Waals surface area contributed by atoms with Crippen LogP contribution < -0.4 is 0 Å². The maximum atomic E-state index is 12.2. The molecule has 0 radical (unpaired) electrons. The number of hydrogen-bond donors (Lipinski definition) is 0. The number of carbonyl (C=O) groups excluding carboxylic acids is 1. The average molecular weight is 378 g/mol. The van der Waals surface area contributed by atoms with Gasteiger partial charge in [0.1, 0.15) is 0 Å². The van der Waals surface area contributed by atoms with Gasteiger partial charge in [0.15, 0.2) is 0 Å². The van der Waals surface area contributed by atoms with Gasteiger partial charge in [-0.05, 0) is 50.2 Å². The first-order chi connectivity index (χ1) is 10.9. The molecule has 0 unspecified atom stereocenters. The van der Waals surface area contributed by atoms with Gasteiger partial charge in [-0.15, -0.1) is 0 Å². The summed E-state index contributed by atoms with van der Waals surface area (Å²) in [7, 11) is -0.540. The topological polar surface area (TPSA) is 48.0 Å². The van der Waals surface area contributed by atoms with E-state index in [1.165, 1.54) is 0 Å². The van der Waals surface area contributed by atoms with Crippen molar-refractivity contribution in [3.8, 4) is 0 Å². The molecule has 0 aromatic heterocycles. The summed E-state index contributed by atoms with van der Waals surface area (Å²) < 4.78 is 16.9. The summed E-state index contributed by atoms with van der Waals surface area (Å²) in [4.78, 5) is 14.5. The third kappa shape index (κ3) is 8.24. The van der Waals surface area contributed by atoms with Crippen LogP contribution in [-0.4, -0.2) is 61.6 Å². The molecule has 0 aromatic rings. The Bertz CT molecular complexity index is 379. The maximum absolute atomic E-state index is 12.2. The van der Waals surface area contributed by atoms with Crippen molar-refractivity contribution in [1.82, 2.24) is 4.90 Å². The zero-order valence-electron chi connectivity index (χ0n) is 17.3. The molecule has 0 saturated carbocycles. The summed E-state index contributed by atoms with van der Waals surface area (Å²) in [5.41, 5.74) is 0. The molecule has 0 rings (SSSR count). The molecule has 0 fully saturated rings. The molecule has 0 amide bonds. The van der Waals surface area contributed by atoms with Gasteiger partial charge in [0.25, 0.3) is 14.3 Å². The predicted octanol–water partition coefficient (Wildman–Crippen LogP) is 4.00. The zero-order valence-corrected chi connectivity index (χ0v) is 19.3. The van der Waals surface area contributed by atoms with E-state index in [4.69, 9.17) is 13.3 Å². The zero-order chi connectivity index (χ0) is 19.0. The van der Waals surface area contributed by atoms with E-state index in [1.807, 2.05) is 0 Å². The maximum Gasteiger partial charge on any atom is 0.334 e. The fourth-order valence-corrected chi connectivity index (χ4v) is 4.43. The van der Waals surface area contributed by atoms with Crippen LogP contribution in [0.3, 0.4) is 0 Å². The minimum Gasteiger partial charge on any atom is -0.519 e. The summed E-state index contributed by atoms with van der Waals surface area (Å²) in [5, 5.41) is 0.0580. The van der Waals surface area contributed by atoms with Crippen molar-refractivity contribution in [2.75, 3.05) is 33.9 Å². The van der Waals surface area contributed by atoms with Crippen molar-refractivity contribution in [3.05, 3.63) is 0 Å². The van der Waals surface area contributed by atoms with E-state index in [1.54, 1.807) is 14.2 Å². The van der Waals surface area contributed by atoms with Crippen LogP contribution in [0.4, 0.5) is 0 Å². The summed E-state index contributed by atoms with van der Waals surface area (Å²) >= 11 is 0. The summed E-state index contributed by atoms with van der Waals surface area (Å²) in [6, 6.07) is 0.963. The molecule has 0 saturated heterocycles. The summed E-state index contributed by atoms with van der Waals surface area (Å²) in [6.45, 7) is 17.5. The van der Waals surface area contributed by atoms with Crippen LogP contribution in [0, 0.1) is 0 Å². The van der Waals surface area contributed by atoms with Crippen LogP contribution >= 0.6 is 0 Å². The second kappa shape index (κ2) is 10.1. The lowest BCUT2D eigenvalue weighted by Gasteiger charge is -2.35. The molecular weight excluding hydrogens is 338 g/mol. The number of nitrogens with zero attached hydrogens (tertiary/aromatic N) is 1. The second-order valence-electron chi connectivity index (χ2n) is 8.06. The number of rotatable bonds is 11. The molecule has 7 heteroatoms. The van der Waals surface area contributed by atoms with Crippen molar-refractivity contribution in [2.45, 2.75) is 71.3 Å². The molecule has 144 valence electrons. The van der Waals surface area contributed by atoms with Crippen LogP contribution in [0.2, 0.25) is 30.7 Å². The highest BCUT2D eigenvalue weighted by Crippen LogP contribution is 2.36. The van der Waals surface area contributed by atoms with E-state index in [2.05, 4.69) is 52.2 Å². The SMILES string of the molecule is CCN(CCC[Si](C)(OC)OC)CCC(=O)O[Si](C)(C)C(C)(C)C. The van der Waals surface area contributed by atoms with Gasteiger partial charge in [0.2, 0.25) is 0 Å². The van der Waals surface area contributed by atoms with Gasteiger partial charge < -0.3 is 18.2 Å². The standard InChI is InChI=1S/C17H39NO4Si2/c1-10-18(13-11-15-24(9,20-5)21-6)14-12-16(19)22-23(7,8)17(2,3)4/h10-15H2,1-9H3. The quantitative estimate of drug-likeness (QED) is 0.509. The lowest BCUT2D eigenvalue weighted by Crippen LogP contribution is -2.43. The molecule has 0 heterocycles. The Balaban J connectivity index is 4.29. The smallest absolute Gasteiger partial charge is 0.334 e. The van der Waals surface area contributed by atoms with E-state index in [0.717, 1.165) is 32.1 Å². The molecule has 0 bridgehead atoms. The molecule has 24 heavy (non-hydrogen) atoms. The lowest BCUT2D eigenvalue weighted by molar-refractivity contribution is -0.135. The fourth-order valence-electron chi connectivity index (χ4n) is 2.08. The highest BCUT2D eigenvalue weighted by atomic mass is 28.4. The Hall–Kier alpha value is -0.216. The minimum absolute atomic E-state index is 0.0580. The van der Waals surface area contributed by atoms with Gasteiger partial charge in [-0.1, -0.05) is 27.7 Å². The minimum atomic E-state index is -2.01. The second-order valence-corrected chi connectivity index (χ2v) is 16.4. The van der Waals surface area contributed by atoms with E-state index >= 15 is 0 Å². The normalized spacial score (nSPS) is 13.4. The van der Waals surface area contributed by atoms with E-state index in [9.17, 15) is 4.79 Å². The van der Waals surface area contributed by atoms with Gasteiger partial charge in [-0.2, -0.15) is 0 Å². The van der Waals surface area contributed by atoms with Crippen molar-refractivity contribution >= 4 is 22.8 Å².